The molecule has 0 spiro atoms. The van der Waals surface area contributed by atoms with Crippen molar-refractivity contribution in [2.75, 3.05) is 0 Å². The van der Waals surface area contributed by atoms with Crippen LogP contribution in [0.15, 0.2) is 77.6 Å². The first-order valence-corrected chi connectivity index (χ1v) is 9.55. The minimum absolute atomic E-state index is 0.0691. The van der Waals surface area contributed by atoms with Crippen LogP contribution in [0.1, 0.15) is 28.6 Å². The highest BCUT2D eigenvalue weighted by Crippen LogP contribution is 2.18. The molecule has 0 radical (unpaired) electrons. The van der Waals surface area contributed by atoms with Crippen molar-refractivity contribution < 1.29 is 4.79 Å². The predicted octanol–water partition coefficient (Wildman–Crippen LogP) is 2.97. The molecule has 146 valence electrons. The Balaban J connectivity index is 1.59. The highest BCUT2D eigenvalue weighted by molar-refractivity contribution is 5.79. The van der Waals surface area contributed by atoms with Crippen molar-refractivity contribution >= 4 is 11.6 Å². The Hall–Kier alpha value is -3.67. The molecule has 4 rings (SSSR count). The first-order chi connectivity index (χ1) is 14.1. The number of aryl methyl sites for hydroxylation is 1. The monoisotopic (exact) mass is 386 g/mol. The number of carbonyl (C=O) groups is 1. The molecule has 2 heterocycles. The third-order valence-corrected chi connectivity index (χ3v) is 4.79. The number of carbonyl (C=O) groups excluding carboxylic acids is 1. The Labute approximate surface area is 168 Å². The largest absolute Gasteiger partial charge is 0.349 e. The Kier molecular flexibility index (Phi) is 5.24. The third-order valence-electron chi connectivity index (χ3n) is 4.79. The molecule has 0 bridgehead atoms. The average Bonchev–Trinajstić information content (AvgIpc) is 3.10. The van der Waals surface area contributed by atoms with Crippen LogP contribution >= 0.6 is 0 Å². The second-order valence-electron chi connectivity index (χ2n) is 7.12. The molecule has 6 heteroatoms. The van der Waals surface area contributed by atoms with E-state index in [-0.39, 0.29) is 17.5 Å². The molecular weight excluding hydrogens is 364 g/mol. The second kappa shape index (κ2) is 8.14. The molecule has 1 atom stereocenters. The first kappa shape index (κ1) is 18.7. The van der Waals surface area contributed by atoms with Crippen molar-refractivity contribution in [2.45, 2.75) is 25.8 Å². The van der Waals surface area contributed by atoms with Crippen LogP contribution in [0.25, 0.3) is 5.65 Å². The van der Waals surface area contributed by atoms with Crippen LogP contribution in [-0.2, 0) is 17.6 Å². The van der Waals surface area contributed by atoms with Gasteiger partial charge in [-0.2, -0.15) is 0 Å². The van der Waals surface area contributed by atoms with Gasteiger partial charge in [0, 0.05) is 24.2 Å². The smallest absolute Gasteiger partial charge is 0.272 e. The lowest BCUT2D eigenvalue weighted by Gasteiger charge is -2.19. The van der Waals surface area contributed by atoms with Gasteiger partial charge in [-0.25, -0.2) is 9.50 Å². The summed E-state index contributed by atoms with van der Waals surface area (Å²) in [6.07, 6.45) is 0.733. The molecule has 0 aliphatic rings. The maximum Gasteiger partial charge on any atom is 0.272 e. The molecule has 2 N–H and O–H groups in total. The van der Waals surface area contributed by atoms with E-state index in [1.54, 1.807) is 0 Å². The molecule has 0 saturated heterocycles. The molecule has 2 aromatic heterocycles. The van der Waals surface area contributed by atoms with Gasteiger partial charge < -0.3 is 5.32 Å². The van der Waals surface area contributed by atoms with Crippen LogP contribution < -0.4 is 10.9 Å². The van der Waals surface area contributed by atoms with E-state index in [4.69, 9.17) is 0 Å². The lowest BCUT2D eigenvalue weighted by Crippen LogP contribution is -2.31. The van der Waals surface area contributed by atoms with Crippen molar-refractivity contribution in [1.29, 1.82) is 0 Å². The van der Waals surface area contributed by atoms with Gasteiger partial charge in [0.05, 0.1) is 18.2 Å². The third kappa shape index (κ3) is 4.43. The number of fused-ring (bicyclic) bond motifs is 1. The fourth-order valence-electron chi connectivity index (χ4n) is 3.44. The van der Waals surface area contributed by atoms with Gasteiger partial charge in [-0.05, 0) is 18.1 Å². The van der Waals surface area contributed by atoms with Crippen molar-refractivity contribution in [3.05, 3.63) is 106 Å². The summed E-state index contributed by atoms with van der Waals surface area (Å²) in [4.78, 5) is 29.7. The Morgan fingerprint density at radius 2 is 1.76 bits per heavy atom. The SMILES string of the molecule is Cc1cc2nc(C[C@@H](NC(=O)Cc3ccccc3)c3ccccc3)cc(=O)n2[nH]1. The van der Waals surface area contributed by atoms with E-state index < -0.39 is 0 Å². The number of nitrogens with one attached hydrogen (secondary N) is 2. The normalized spacial score (nSPS) is 12.0. The van der Waals surface area contributed by atoms with Gasteiger partial charge in [-0.3, -0.25) is 14.7 Å². The predicted molar refractivity (Wildman–Crippen MR) is 112 cm³/mol. The highest BCUT2D eigenvalue weighted by Gasteiger charge is 2.17. The molecule has 4 aromatic rings. The Bertz CT molecular complexity index is 1180. The number of benzene rings is 2. The number of H-pyrrole nitrogens is 1. The zero-order valence-corrected chi connectivity index (χ0v) is 16.1. The molecule has 2 aromatic carbocycles. The summed E-state index contributed by atoms with van der Waals surface area (Å²) in [6.45, 7) is 1.88. The fourth-order valence-corrected chi connectivity index (χ4v) is 3.44. The van der Waals surface area contributed by atoms with Gasteiger partial charge >= 0.3 is 0 Å². The van der Waals surface area contributed by atoms with Crippen LogP contribution in [0.4, 0.5) is 0 Å². The quantitative estimate of drug-likeness (QED) is 0.535. The summed E-state index contributed by atoms with van der Waals surface area (Å²) < 4.78 is 1.42. The fraction of sp³-hybridized carbons (Fsp3) is 0.174. The summed E-state index contributed by atoms with van der Waals surface area (Å²) in [5.74, 6) is -0.0691. The summed E-state index contributed by atoms with van der Waals surface area (Å²) in [5, 5.41) is 6.08. The topological polar surface area (TPSA) is 79.3 Å². The number of hydrogen-bond donors (Lipinski definition) is 2. The van der Waals surface area contributed by atoms with Crippen LogP contribution in [0.5, 0.6) is 0 Å². The van der Waals surface area contributed by atoms with Gasteiger partial charge in [0.25, 0.3) is 5.56 Å². The molecule has 0 saturated carbocycles. The summed E-state index contributed by atoms with van der Waals surface area (Å²) in [6, 6.07) is 22.5. The van der Waals surface area contributed by atoms with Gasteiger partial charge in [-0.1, -0.05) is 60.7 Å². The summed E-state index contributed by atoms with van der Waals surface area (Å²) in [5.41, 5.74) is 3.84. The number of amides is 1. The lowest BCUT2D eigenvalue weighted by molar-refractivity contribution is -0.121. The molecule has 6 nitrogen and oxygen atoms in total. The van der Waals surface area contributed by atoms with E-state index in [2.05, 4.69) is 15.4 Å². The highest BCUT2D eigenvalue weighted by atomic mass is 16.1. The zero-order chi connectivity index (χ0) is 20.2. The molecule has 0 fully saturated rings. The molecular formula is C23H22N4O2. The second-order valence-corrected chi connectivity index (χ2v) is 7.12. The van der Waals surface area contributed by atoms with Crippen LogP contribution in [0, 0.1) is 6.92 Å². The Morgan fingerprint density at radius 1 is 1.07 bits per heavy atom. The van der Waals surface area contributed by atoms with Crippen LogP contribution in [0.2, 0.25) is 0 Å². The number of hydrogen-bond acceptors (Lipinski definition) is 3. The molecule has 0 aliphatic carbocycles. The van der Waals surface area contributed by atoms with E-state index in [0.29, 0.717) is 24.2 Å². The van der Waals surface area contributed by atoms with Crippen molar-refractivity contribution in [3.63, 3.8) is 0 Å². The Morgan fingerprint density at radius 3 is 2.48 bits per heavy atom. The van der Waals surface area contributed by atoms with Gasteiger partial charge in [-0.15, -0.1) is 0 Å². The maximum atomic E-state index is 12.7. The van der Waals surface area contributed by atoms with E-state index in [0.717, 1.165) is 16.8 Å². The molecule has 0 unspecified atom stereocenters. The molecule has 0 aliphatic heterocycles. The summed E-state index contributed by atoms with van der Waals surface area (Å²) in [7, 11) is 0. The van der Waals surface area contributed by atoms with Crippen LogP contribution in [0.3, 0.4) is 0 Å². The number of rotatable bonds is 6. The number of nitrogens with zero attached hydrogens (tertiary/aromatic N) is 2. The van der Waals surface area contributed by atoms with E-state index in [1.165, 1.54) is 10.6 Å². The first-order valence-electron chi connectivity index (χ1n) is 9.55. The van der Waals surface area contributed by atoms with E-state index in [9.17, 15) is 9.59 Å². The lowest BCUT2D eigenvalue weighted by atomic mass is 10.0. The van der Waals surface area contributed by atoms with Crippen molar-refractivity contribution in [3.8, 4) is 0 Å². The van der Waals surface area contributed by atoms with Gasteiger partial charge in [0.2, 0.25) is 5.91 Å². The van der Waals surface area contributed by atoms with E-state index >= 15 is 0 Å². The standard InChI is InChI=1S/C23H22N4O2/c1-16-12-21-24-19(15-23(29)27(21)26-16)14-20(18-10-6-3-7-11-18)25-22(28)13-17-8-4-2-5-9-17/h2-12,15,20,26H,13-14H2,1H3,(H,25,28)/t20-/m1/s1. The van der Waals surface area contributed by atoms with Crippen molar-refractivity contribution in [2.24, 2.45) is 0 Å². The van der Waals surface area contributed by atoms with Crippen molar-refractivity contribution in [1.82, 2.24) is 19.9 Å². The van der Waals surface area contributed by atoms with Gasteiger partial charge in [0.1, 0.15) is 0 Å². The maximum absolute atomic E-state index is 12.7. The number of aromatic amines is 1. The minimum atomic E-state index is -0.276. The minimum Gasteiger partial charge on any atom is -0.349 e. The zero-order valence-electron chi connectivity index (χ0n) is 16.1. The molecule has 1 amide bonds. The average molecular weight is 386 g/mol. The molecule has 29 heavy (non-hydrogen) atoms. The summed E-state index contributed by atoms with van der Waals surface area (Å²) >= 11 is 0. The number of aromatic nitrogens is 3. The van der Waals surface area contributed by atoms with E-state index in [1.807, 2.05) is 73.7 Å². The van der Waals surface area contributed by atoms with Crippen LogP contribution in [-0.4, -0.2) is 20.5 Å². The van der Waals surface area contributed by atoms with Gasteiger partial charge in [0.15, 0.2) is 5.65 Å².